The number of hydrogen-bond acceptors (Lipinski definition) is 0. The highest BCUT2D eigenvalue weighted by atomic mass is 15.1. The van der Waals surface area contributed by atoms with E-state index in [0.29, 0.717) is 6.04 Å². The van der Waals surface area contributed by atoms with Crippen molar-refractivity contribution in [3.63, 3.8) is 0 Å². The quantitative estimate of drug-likeness (QED) is 0.711. The minimum absolute atomic E-state index is 0.481. The van der Waals surface area contributed by atoms with Gasteiger partial charge in [-0.2, -0.15) is 0 Å². The lowest BCUT2D eigenvalue weighted by molar-refractivity contribution is -0.693. The van der Waals surface area contributed by atoms with E-state index in [1.807, 2.05) is 0 Å². The van der Waals surface area contributed by atoms with Gasteiger partial charge in [-0.05, 0) is 12.1 Å². The van der Waals surface area contributed by atoms with Gasteiger partial charge in [0.25, 0.3) is 0 Å². The maximum Gasteiger partial charge on any atom is 0.152 e. The number of nitrogens with two attached hydrogens (primary N) is 1. The Kier molecular flexibility index (Phi) is 2.07. The first-order valence-electron chi connectivity index (χ1n) is 5.48. The smallest absolute Gasteiger partial charge is 0.152 e. The SMILES string of the molecule is c1ccc(C2[NH2+]CCn3cccc32)cc1. The molecule has 1 aliphatic rings. The van der Waals surface area contributed by atoms with Crippen molar-refractivity contribution in [3.8, 4) is 0 Å². The molecule has 76 valence electrons. The van der Waals surface area contributed by atoms with Gasteiger partial charge in [0.1, 0.15) is 0 Å². The molecule has 2 nitrogen and oxygen atoms in total. The summed E-state index contributed by atoms with van der Waals surface area (Å²) >= 11 is 0. The van der Waals surface area contributed by atoms with Crippen LogP contribution in [0.3, 0.4) is 0 Å². The third-order valence-corrected chi connectivity index (χ3v) is 3.11. The van der Waals surface area contributed by atoms with Gasteiger partial charge in [-0.1, -0.05) is 30.3 Å². The Bertz CT molecular complexity index is 445. The van der Waals surface area contributed by atoms with Gasteiger partial charge < -0.3 is 9.88 Å². The van der Waals surface area contributed by atoms with Gasteiger partial charge in [0.15, 0.2) is 6.04 Å². The van der Waals surface area contributed by atoms with Gasteiger partial charge in [0, 0.05) is 11.8 Å². The highest BCUT2D eigenvalue weighted by molar-refractivity contribution is 5.26. The zero-order valence-electron chi connectivity index (χ0n) is 8.63. The van der Waals surface area contributed by atoms with Crippen LogP contribution in [-0.2, 0) is 6.54 Å². The number of nitrogens with zero attached hydrogens (tertiary/aromatic N) is 1. The van der Waals surface area contributed by atoms with E-state index in [9.17, 15) is 0 Å². The monoisotopic (exact) mass is 199 g/mol. The average Bonchev–Trinajstić information content (AvgIpc) is 2.78. The van der Waals surface area contributed by atoms with Crippen molar-refractivity contribution in [1.29, 1.82) is 0 Å². The molecule has 0 saturated carbocycles. The molecule has 2 heteroatoms. The predicted molar refractivity (Wildman–Crippen MR) is 59.5 cm³/mol. The molecule has 2 aromatic rings. The second kappa shape index (κ2) is 3.55. The lowest BCUT2D eigenvalue weighted by atomic mass is 10.0. The molecule has 15 heavy (non-hydrogen) atoms. The van der Waals surface area contributed by atoms with Crippen LogP contribution in [0.15, 0.2) is 48.7 Å². The van der Waals surface area contributed by atoms with Crippen molar-refractivity contribution in [2.24, 2.45) is 0 Å². The first-order valence-corrected chi connectivity index (χ1v) is 5.48. The Morgan fingerprint density at radius 1 is 1.07 bits per heavy atom. The summed E-state index contributed by atoms with van der Waals surface area (Å²) in [5.74, 6) is 0. The molecular formula is C13H15N2+. The van der Waals surface area contributed by atoms with Gasteiger partial charge in [0.2, 0.25) is 0 Å². The summed E-state index contributed by atoms with van der Waals surface area (Å²) in [5.41, 5.74) is 2.82. The minimum Gasteiger partial charge on any atom is -0.341 e. The number of aromatic nitrogens is 1. The average molecular weight is 199 g/mol. The van der Waals surface area contributed by atoms with Crippen LogP contribution in [0.2, 0.25) is 0 Å². The first kappa shape index (κ1) is 8.74. The number of quaternary nitrogens is 1. The number of hydrogen-bond donors (Lipinski definition) is 1. The van der Waals surface area contributed by atoms with Gasteiger partial charge in [-0.15, -0.1) is 0 Å². The lowest BCUT2D eigenvalue weighted by Crippen LogP contribution is -2.88. The van der Waals surface area contributed by atoms with Crippen LogP contribution < -0.4 is 5.32 Å². The molecule has 0 bridgehead atoms. The summed E-state index contributed by atoms with van der Waals surface area (Å²) in [6.07, 6.45) is 2.18. The highest BCUT2D eigenvalue weighted by Crippen LogP contribution is 2.20. The van der Waals surface area contributed by atoms with Crippen molar-refractivity contribution in [3.05, 3.63) is 59.9 Å². The van der Waals surface area contributed by atoms with Crippen molar-refractivity contribution in [2.75, 3.05) is 6.54 Å². The predicted octanol–water partition coefficient (Wildman–Crippen LogP) is 1.15. The second-order valence-electron chi connectivity index (χ2n) is 4.04. The Morgan fingerprint density at radius 2 is 1.93 bits per heavy atom. The molecule has 2 N–H and O–H groups in total. The van der Waals surface area contributed by atoms with Crippen molar-refractivity contribution < 1.29 is 5.32 Å². The van der Waals surface area contributed by atoms with Crippen LogP contribution in [0.1, 0.15) is 17.3 Å². The summed E-state index contributed by atoms with van der Waals surface area (Å²) in [4.78, 5) is 0. The van der Waals surface area contributed by atoms with E-state index in [4.69, 9.17) is 0 Å². The molecule has 1 aromatic heterocycles. The highest BCUT2D eigenvalue weighted by Gasteiger charge is 2.23. The number of rotatable bonds is 1. The minimum atomic E-state index is 0.481. The fourth-order valence-corrected chi connectivity index (χ4v) is 2.38. The molecule has 0 amide bonds. The summed E-state index contributed by atoms with van der Waals surface area (Å²) in [7, 11) is 0. The standard InChI is InChI=1S/C13H14N2/c1-2-5-11(6-3-1)13-12-7-4-9-15(12)10-8-14-13/h1-7,9,13-14H,8,10H2/p+1. The summed E-state index contributed by atoms with van der Waals surface area (Å²) in [5, 5.41) is 2.42. The van der Waals surface area contributed by atoms with E-state index in [1.165, 1.54) is 17.8 Å². The van der Waals surface area contributed by atoms with Crippen LogP contribution in [0, 0.1) is 0 Å². The number of fused-ring (bicyclic) bond motifs is 1. The van der Waals surface area contributed by atoms with Gasteiger partial charge >= 0.3 is 0 Å². The van der Waals surface area contributed by atoms with Crippen LogP contribution in [-0.4, -0.2) is 11.1 Å². The second-order valence-corrected chi connectivity index (χ2v) is 4.04. The van der Waals surface area contributed by atoms with E-state index < -0.39 is 0 Å². The fraction of sp³-hybridized carbons (Fsp3) is 0.231. The van der Waals surface area contributed by atoms with Crippen LogP contribution in [0.25, 0.3) is 0 Å². The van der Waals surface area contributed by atoms with Crippen molar-refractivity contribution in [2.45, 2.75) is 12.6 Å². The topological polar surface area (TPSA) is 21.5 Å². The van der Waals surface area contributed by atoms with Crippen LogP contribution in [0.4, 0.5) is 0 Å². The Balaban J connectivity index is 2.03. The van der Waals surface area contributed by atoms with E-state index >= 15 is 0 Å². The molecule has 1 atom stereocenters. The maximum atomic E-state index is 2.42. The van der Waals surface area contributed by atoms with Gasteiger partial charge in [-0.25, -0.2) is 0 Å². The van der Waals surface area contributed by atoms with Gasteiger partial charge in [0.05, 0.1) is 18.8 Å². The van der Waals surface area contributed by atoms with Gasteiger partial charge in [-0.3, -0.25) is 0 Å². The van der Waals surface area contributed by atoms with Crippen LogP contribution in [0.5, 0.6) is 0 Å². The first-order chi connectivity index (χ1) is 7.45. The fourth-order valence-electron chi connectivity index (χ4n) is 2.38. The molecule has 3 rings (SSSR count). The third-order valence-electron chi connectivity index (χ3n) is 3.11. The van der Waals surface area contributed by atoms with Crippen molar-refractivity contribution >= 4 is 0 Å². The molecule has 1 aromatic carbocycles. The summed E-state index contributed by atoms with van der Waals surface area (Å²) < 4.78 is 2.36. The molecular weight excluding hydrogens is 184 g/mol. The summed E-state index contributed by atoms with van der Waals surface area (Å²) in [6, 6.07) is 15.6. The third kappa shape index (κ3) is 1.47. The molecule has 1 unspecified atom stereocenters. The van der Waals surface area contributed by atoms with E-state index in [1.54, 1.807) is 0 Å². The van der Waals surface area contributed by atoms with E-state index in [2.05, 4.69) is 58.5 Å². The lowest BCUT2D eigenvalue weighted by Gasteiger charge is -2.23. The van der Waals surface area contributed by atoms with E-state index in [-0.39, 0.29) is 0 Å². The Labute approximate surface area is 89.5 Å². The molecule has 0 aliphatic carbocycles. The zero-order valence-corrected chi connectivity index (χ0v) is 8.63. The normalized spacial score (nSPS) is 19.9. The van der Waals surface area contributed by atoms with E-state index in [0.717, 1.165) is 6.54 Å². The zero-order chi connectivity index (χ0) is 10.1. The molecule has 0 radical (unpaired) electrons. The Morgan fingerprint density at radius 3 is 2.80 bits per heavy atom. The molecule has 0 fully saturated rings. The largest absolute Gasteiger partial charge is 0.341 e. The molecule has 0 spiro atoms. The molecule has 0 saturated heterocycles. The van der Waals surface area contributed by atoms with Crippen LogP contribution >= 0.6 is 0 Å². The Hall–Kier alpha value is -1.54. The molecule has 1 aliphatic heterocycles. The molecule has 2 heterocycles. The summed E-state index contributed by atoms with van der Waals surface area (Å²) in [6.45, 7) is 2.30. The number of benzene rings is 1. The maximum absolute atomic E-state index is 2.42. The van der Waals surface area contributed by atoms with Crippen molar-refractivity contribution in [1.82, 2.24) is 4.57 Å².